The fraction of sp³-hybridized carbons (Fsp3) is 0.417. The molecule has 0 aromatic heterocycles. The Morgan fingerprint density at radius 3 is 2.69 bits per heavy atom. The van der Waals surface area contributed by atoms with Gasteiger partial charge in [-0.1, -0.05) is 0 Å². The minimum absolute atomic E-state index is 0.0510. The van der Waals surface area contributed by atoms with Gasteiger partial charge in [0.1, 0.15) is 5.82 Å². The van der Waals surface area contributed by atoms with Crippen molar-refractivity contribution in [2.75, 3.05) is 25.0 Å². The highest BCUT2D eigenvalue weighted by Crippen LogP contribution is 2.18. The average molecular weight is 222 g/mol. The highest BCUT2D eigenvalue weighted by atomic mass is 19.1. The van der Waals surface area contributed by atoms with Crippen molar-refractivity contribution in [1.29, 1.82) is 0 Å². The third-order valence-corrected chi connectivity index (χ3v) is 2.95. The second-order valence-corrected chi connectivity index (χ2v) is 4.06. The summed E-state index contributed by atoms with van der Waals surface area (Å²) < 4.78 is 12.7. The topological polar surface area (TPSA) is 32.3 Å². The highest BCUT2D eigenvalue weighted by molar-refractivity contribution is 5.94. The lowest BCUT2D eigenvalue weighted by Gasteiger charge is -2.20. The minimum atomic E-state index is -0.285. The summed E-state index contributed by atoms with van der Waals surface area (Å²) in [5.74, 6) is -0.140. The van der Waals surface area contributed by atoms with E-state index in [4.69, 9.17) is 0 Å². The van der Waals surface area contributed by atoms with Crippen LogP contribution in [-0.2, 0) is 4.79 Å². The predicted molar refractivity (Wildman–Crippen MR) is 60.8 cm³/mol. The fourth-order valence-electron chi connectivity index (χ4n) is 1.93. The van der Waals surface area contributed by atoms with Crippen molar-refractivity contribution in [1.82, 2.24) is 5.32 Å². The molecule has 16 heavy (non-hydrogen) atoms. The first-order valence-corrected chi connectivity index (χ1v) is 5.42. The predicted octanol–water partition coefficient (Wildman–Crippen LogP) is 1.40. The molecular weight excluding hydrogens is 207 g/mol. The number of rotatable bonds is 2. The smallest absolute Gasteiger partial charge is 0.231 e. The van der Waals surface area contributed by atoms with E-state index in [9.17, 15) is 9.18 Å². The molecule has 1 aliphatic rings. The van der Waals surface area contributed by atoms with E-state index >= 15 is 0 Å². The number of halogens is 1. The van der Waals surface area contributed by atoms with E-state index in [-0.39, 0.29) is 17.6 Å². The van der Waals surface area contributed by atoms with E-state index in [2.05, 4.69) is 5.32 Å². The third kappa shape index (κ3) is 2.22. The van der Waals surface area contributed by atoms with Gasteiger partial charge in [0.15, 0.2) is 0 Å². The van der Waals surface area contributed by atoms with Crippen molar-refractivity contribution in [2.24, 2.45) is 5.92 Å². The maximum atomic E-state index is 12.7. The monoisotopic (exact) mass is 222 g/mol. The van der Waals surface area contributed by atoms with Gasteiger partial charge < -0.3 is 10.2 Å². The lowest BCUT2D eigenvalue weighted by atomic mass is 10.1. The number of amides is 1. The molecule has 1 aromatic carbocycles. The molecule has 1 saturated heterocycles. The number of anilines is 1. The van der Waals surface area contributed by atoms with Gasteiger partial charge in [-0.3, -0.25) is 4.79 Å². The molecule has 86 valence electrons. The van der Waals surface area contributed by atoms with Gasteiger partial charge in [-0.05, 0) is 37.2 Å². The van der Waals surface area contributed by atoms with Crippen molar-refractivity contribution in [3.63, 3.8) is 0 Å². The van der Waals surface area contributed by atoms with Crippen LogP contribution in [0.25, 0.3) is 0 Å². The summed E-state index contributed by atoms with van der Waals surface area (Å²) in [7, 11) is 1.73. The number of carbonyl (C=O) groups excluding carboxylic acids is 1. The standard InChI is InChI=1S/C12H15FN2O/c1-15(11-4-2-10(13)3-5-11)12(16)9-6-7-14-8-9/h2-5,9,14H,6-8H2,1H3/t9-/m1/s1. The second-order valence-electron chi connectivity index (χ2n) is 4.06. The average Bonchev–Trinajstić information content (AvgIpc) is 2.81. The molecule has 1 heterocycles. The summed E-state index contributed by atoms with van der Waals surface area (Å²) in [4.78, 5) is 13.6. The van der Waals surface area contributed by atoms with Crippen molar-refractivity contribution in [3.05, 3.63) is 30.1 Å². The molecule has 0 unspecified atom stereocenters. The molecule has 0 bridgehead atoms. The molecule has 0 aliphatic carbocycles. The zero-order valence-corrected chi connectivity index (χ0v) is 9.24. The normalized spacial score (nSPS) is 19.8. The number of nitrogens with one attached hydrogen (secondary N) is 1. The van der Waals surface area contributed by atoms with Crippen molar-refractivity contribution in [2.45, 2.75) is 6.42 Å². The molecule has 2 rings (SSSR count). The van der Waals surface area contributed by atoms with Crippen molar-refractivity contribution in [3.8, 4) is 0 Å². The zero-order chi connectivity index (χ0) is 11.5. The van der Waals surface area contributed by atoms with Crippen molar-refractivity contribution >= 4 is 11.6 Å². The van der Waals surface area contributed by atoms with Crippen LogP contribution in [0.2, 0.25) is 0 Å². The fourth-order valence-corrected chi connectivity index (χ4v) is 1.93. The summed E-state index contributed by atoms with van der Waals surface area (Å²) in [5, 5.41) is 3.16. The molecule has 1 aromatic rings. The first-order valence-electron chi connectivity index (χ1n) is 5.42. The van der Waals surface area contributed by atoms with E-state index in [1.54, 1.807) is 24.1 Å². The maximum Gasteiger partial charge on any atom is 0.231 e. The highest BCUT2D eigenvalue weighted by Gasteiger charge is 2.25. The van der Waals surface area contributed by atoms with Crippen LogP contribution < -0.4 is 10.2 Å². The number of hydrogen-bond donors (Lipinski definition) is 1. The van der Waals surface area contributed by atoms with E-state index in [1.165, 1.54) is 12.1 Å². The van der Waals surface area contributed by atoms with Crippen molar-refractivity contribution < 1.29 is 9.18 Å². The molecule has 1 aliphatic heterocycles. The molecule has 1 fully saturated rings. The molecule has 4 heteroatoms. The van der Waals surface area contributed by atoms with Crippen LogP contribution in [0.15, 0.2) is 24.3 Å². The molecule has 1 atom stereocenters. The summed E-state index contributed by atoms with van der Waals surface area (Å²) in [6, 6.07) is 5.98. The van der Waals surface area contributed by atoms with Gasteiger partial charge in [0, 0.05) is 19.3 Å². The van der Waals surface area contributed by atoms with Crippen LogP contribution in [0.4, 0.5) is 10.1 Å². The molecule has 0 radical (unpaired) electrons. The molecule has 0 spiro atoms. The van der Waals surface area contributed by atoms with E-state index in [1.807, 2.05) is 0 Å². The SMILES string of the molecule is CN(C(=O)[C@@H]1CCNC1)c1ccc(F)cc1. The van der Waals surface area contributed by atoms with E-state index < -0.39 is 0 Å². The summed E-state index contributed by atoms with van der Waals surface area (Å²) in [5.41, 5.74) is 0.735. The van der Waals surface area contributed by atoms with E-state index in [0.29, 0.717) is 0 Å². The van der Waals surface area contributed by atoms with Crippen LogP contribution in [0, 0.1) is 11.7 Å². The van der Waals surface area contributed by atoms with Gasteiger partial charge in [0.2, 0.25) is 5.91 Å². The minimum Gasteiger partial charge on any atom is -0.316 e. The Labute approximate surface area is 94.3 Å². The molecule has 1 amide bonds. The lowest BCUT2D eigenvalue weighted by molar-refractivity contribution is -0.121. The Morgan fingerprint density at radius 1 is 1.44 bits per heavy atom. The van der Waals surface area contributed by atoms with Gasteiger partial charge in [0.25, 0.3) is 0 Å². The Balaban J connectivity index is 2.08. The van der Waals surface area contributed by atoms with Gasteiger partial charge in [0.05, 0.1) is 5.92 Å². The Morgan fingerprint density at radius 2 is 2.12 bits per heavy atom. The van der Waals surface area contributed by atoms with Crippen LogP contribution in [0.1, 0.15) is 6.42 Å². The van der Waals surface area contributed by atoms with Gasteiger partial charge in [-0.15, -0.1) is 0 Å². The Bertz CT molecular complexity index is 371. The molecule has 0 saturated carbocycles. The zero-order valence-electron chi connectivity index (χ0n) is 9.24. The lowest BCUT2D eigenvalue weighted by Crippen LogP contribution is -2.33. The summed E-state index contributed by atoms with van der Waals surface area (Å²) in [6.45, 7) is 1.64. The van der Waals surface area contributed by atoms with Gasteiger partial charge in [-0.25, -0.2) is 4.39 Å². The van der Waals surface area contributed by atoms with Crippen LogP contribution in [-0.4, -0.2) is 26.0 Å². The Hall–Kier alpha value is -1.42. The van der Waals surface area contributed by atoms with E-state index in [0.717, 1.165) is 25.2 Å². The summed E-state index contributed by atoms with van der Waals surface area (Å²) >= 11 is 0. The van der Waals surface area contributed by atoms with Gasteiger partial charge in [-0.2, -0.15) is 0 Å². The molecule has 1 N–H and O–H groups in total. The molecular formula is C12H15FN2O. The van der Waals surface area contributed by atoms with Crippen LogP contribution in [0.5, 0.6) is 0 Å². The summed E-state index contributed by atoms with van der Waals surface area (Å²) in [6.07, 6.45) is 0.879. The number of benzene rings is 1. The third-order valence-electron chi connectivity index (χ3n) is 2.95. The van der Waals surface area contributed by atoms with Crippen LogP contribution >= 0.6 is 0 Å². The number of carbonyl (C=O) groups is 1. The number of nitrogens with zero attached hydrogens (tertiary/aromatic N) is 1. The maximum absolute atomic E-state index is 12.7. The quantitative estimate of drug-likeness (QED) is 0.820. The Kier molecular flexibility index (Phi) is 3.19. The van der Waals surface area contributed by atoms with Crippen LogP contribution in [0.3, 0.4) is 0 Å². The van der Waals surface area contributed by atoms with Gasteiger partial charge >= 0.3 is 0 Å². The molecule has 3 nitrogen and oxygen atoms in total. The second kappa shape index (κ2) is 4.61. The first-order chi connectivity index (χ1) is 7.68. The first kappa shape index (κ1) is 11.1. The largest absolute Gasteiger partial charge is 0.316 e. The number of hydrogen-bond acceptors (Lipinski definition) is 2.